The first-order valence-corrected chi connectivity index (χ1v) is 11.3. The first kappa shape index (κ1) is 25.0. The van der Waals surface area contributed by atoms with Crippen molar-refractivity contribution in [1.82, 2.24) is 20.0 Å². The highest BCUT2D eigenvalue weighted by Gasteiger charge is 2.47. The molecule has 190 valence electrons. The lowest BCUT2D eigenvalue weighted by atomic mass is 9.85. The molecule has 0 spiro atoms. The zero-order valence-corrected chi connectivity index (χ0v) is 20.0. The molecular formula is C23H28F3N5O4. The average molecular weight is 496 g/mol. The quantitative estimate of drug-likeness (QED) is 0.656. The first-order valence-electron chi connectivity index (χ1n) is 11.3. The van der Waals surface area contributed by atoms with Crippen LogP contribution in [0.5, 0.6) is 0 Å². The van der Waals surface area contributed by atoms with Crippen molar-refractivity contribution in [2.24, 2.45) is 7.05 Å². The second-order valence-electron chi connectivity index (χ2n) is 9.99. The number of carbonyl (C=O) groups excluding carboxylic acids is 3. The highest BCUT2D eigenvalue weighted by molar-refractivity contribution is 6.08. The maximum absolute atomic E-state index is 15.2. The van der Waals surface area contributed by atoms with Crippen molar-refractivity contribution in [2.45, 2.75) is 51.1 Å². The number of aromatic nitrogens is 2. The van der Waals surface area contributed by atoms with Crippen molar-refractivity contribution in [3.8, 4) is 0 Å². The summed E-state index contributed by atoms with van der Waals surface area (Å²) in [7, 11) is 1.57. The van der Waals surface area contributed by atoms with Gasteiger partial charge in [0.25, 0.3) is 5.92 Å². The number of imide groups is 1. The summed E-state index contributed by atoms with van der Waals surface area (Å²) in [6.07, 6.45) is 0.0119. The molecule has 1 aromatic carbocycles. The molecule has 0 bridgehead atoms. The van der Waals surface area contributed by atoms with Gasteiger partial charge in [0.1, 0.15) is 11.4 Å². The molecule has 1 unspecified atom stereocenters. The van der Waals surface area contributed by atoms with Gasteiger partial charge in [-0.25, -0.2) is 18.0 Å². The molecule has 1 N–H and O–H groups in total. The van der Waals surface area contributed by atoms with Crippen molar-refractivity contribution in [3.05, 3.63) is 23.5 Å². The van der Waals surface area contributed by atoms with Crippen LogP contribution in [0.3, 0.4) is 0 Å². The number of hydrogen-bond acceptors (Lipinski definition) is 6. The van der Waals surface area contributed by atoms with Gasteiger partial charge in [-0.2, -0.15) is 5.10 Å². The molecule has 0 aliphatic carbocycles. The van der Waals surface area contributed by atoms with Crippen LogP contribution in [0.2, 0.25) is 0 Å². The number of ether oxygens (including phenoxy) is 1. The largest absolute Gasteiger partial charge is 0.459 e. The summed E-state index contributed by atoms with van der Waals surface area (Å²) < 4.78 is 52.2. The molecule has 3 heterocycles. The molecule has 2 aliphatic heterocycles. The number of alkyl halides is 2. The Morgan fingerprint density at radius 2 is 1.97 bits per heavy atom. The zero-order valence-electron chi connectivity index (χ0n) is 20.0. The molecule has 1 atom stereocenters. The smallest absolute Gasteiger partial charge is 0.329 e. The number of piperidine rings is 1. The van der Waals surface area contributed by atoms with Crippen LogP contribution in [-0.2, 0) is 21.4 Å². The highest BCUT2D eigenvalue weighted by Crippen LogP contribution is 2.43. The van der Waals surface area contributed by atoms with E-state index in [1.165, 1.54) is 20.5 Å². The van der Waals surface area contributed by atoms with E-state index in [1.807, 2.05) is 0 Å². The van der Waals surface area contributed by atoms with E-state index in [-0.39, 0.29) is 49.2 Å². The number of carbonyl (C=O) groups is 3. The van der Waals surface area contributed by atoms with E-state index < -0.39 is 47.7 Å². The van der Waals surface area contributed by atoms with Gasteiger partial charge in [-0.3, -0.25) is 29.4 Å². The third-order valence-corrected chi connectivity index (χ3v) is 6.09. The zero-order chi connectivity index (χ0) is 25.7. The van der Waals surface area contributed by atoms with Crippen molar-refractivity contribution in [3.63, 3.8) is 0 Å². The minimum absolute atomic E-state index is 0.0560. The molecular weight excluding hydrogens is 467 g/mol. The molecule has 2 aliphatic rings. The third-order valence-electron chi connectivity index (χ3n) is 6.09. The fourth-order valence-electron chi connectivity index (χ4n) is 4.59. The van der Waals surface area contributed by atoms with Crippen LogP contribution in [0.15, 0.2) is 12.1 Å². The third kappa shape index (κ3) is 5.12. The summed E-state index contributed by atoms with van der Waals surface area (Å²) in [5, 5.41) is 6.75. The maximum atomic E-state index is 15.2. The number of urea groups is 1. The Labute approximate surface area is 200 Å². The summed E-state index contributed by atoms with van der Waals surface area (Å²) in [4.78, 5) is 38.3. The Kier molecular flexibility index (Phi) is 6.28. The number of halogens is 3. The molecule has 0 radical (unpaired) electrons. The lowest BCUT2D eigenvalue weighted by Gasteiger charge is -2.38. The Morgan fingerprint density at radius 1 is 1.26 bits per heavy atom. The Morgan fingerprint density at radius 3 is 2.60 bits per heavy atom. The van der Waals surface area contributed by atoms with E-state index in [4.69, 9.17) is 4.74 Å². The second-order valence-corrected chi connectivity index (χ2v) is 9.99. The second kappa shape index (κ2) is 8.81. The number of nitrogens with zero attached hydrogens (tertiary/aromatic N) is 4. The lowest BCUT2D eigenvalue weighted by molar-refractivity contribution is -0.159. The average Bonchev–Trinajstić information content (AvgIpc) is 3.01. The number of hydrogen-bond donors (Lipinski definition) is 1. The number of anilines is 1. The molecule has 9 nitrogen and oxygen atoms in total. The molecule has 0 saturated carbocycles. The number of aryl methyl sites for hydroxylation is 1. The Balaban J connectivity index is 1.58. The van der Waals surface area contributed by atoms with E-state index in [0.29, 0.717) is 5.52 Å². The Bertz CT molecular complexity index is 1190. The van der Waals surface area contributed by atoms with Gasteiger partial charge in [0.05, 0.1) is 24.5 Å². The lowest BCUT2D eigenvalue weighted by Crippen LogP contribution is -2.50. The summed E-state index contributed by atoms with van der Waals surface area (Å²) in [6.45, 7) is 4.38. The van der Waals surface area contributed by atoms with Crippen LogP contribution in [0, 0.1) is 5.82 Å². The van der Waals surface area contributed by atoms with Crippen LogP contribution in [0.1, 0.15) is 45.1 Å². The molecule has 1 aromatic heterocycles. The number of likely N-dealkylation sites (tertiary alicyclic amines) is 1. The summed E-state index contributed by atoms with van der Waals surface area (Å²) in [5.41, 5.74) is -0.483. The standard InChI is InChI=1S/C23H28F3N5O4/c1-22(2,3)35-19(33)11-30-7-5-15(23(25,26)12-30)13-10-17-14(9-16(13)24)20(28-29(17)4)31-8-6-18(32)27-21(31)34/h9-10,15H,5-8,11-12H2,1-4H3,(H,27,32,34). The predicted molar refractivity (Wildman–Crippen MR) is 121 cm³/mol. The predicted octanol–water partition coefficient (Wildman–Crippen LogP) is 2.93. The minimum atomic E-state index is -3.29. The topological polar surface area (TPSA) is 96.8 Å². The minimum Gasteiger partial charge on any atom is -0.459 e. The van der Waals surface area contributed by atoms with E-state index >= 15 is 13.2 Å². The van der Waals surface area contributed by atoms with E-state index in [2.05, 4.69) is 10.4 Å². The Hall–Kier alpha value is -3.15. The SMILES string of the molecule is Cn1nc(N2CCC(=O)NC2=O)c2cc(F)c(C3CCN(CC(=O)OC(C)(C)C)CC3(F)F)cc21. The van der Waals surface area contributed by atoms with Crippen LogP contribution < -0.4 is 10.2 Å². The molecule has 35 heavy (non-hydrogen) atoms. The number of rotatable bonds is 4. The highest BCUT2D eigenvalue weighted by atomic mass is 19.3. The summed E-state index contributed by atoms with van der Waals surface area (Å²) >= 11 is 0. The van der Waals surface area contributed by atoms with Gasteiger partial charge in [0, 0.05) is 25.4 Å². The van der Waals surface area contributed by atoms with Crippen molar-refractivity contribution in [2.75, 3.05) is 31.1 Å². The number of fused-ring (bicyclic) bond motifs is 1. The van der Waals surface area contributed by atoms with Crippen molar-refractivity contribution >= 4 is 34.6 Å². The van der Waals surface area contributed by atoms with Crippen molar-refractivity contribution in [1.29, 1.82) is 0 Å². The van der Waals surface area contributed by atoms with Gasteiger partial charge in [-0.15, -0.1) is 0 Å². The molecule has 12 heteroatoms. The van der Waals surface area contributed by atoms with Gasteiger partial charge in [-0.1, -0.05) is 0 Å². The summed E-state index contributed by atoms with van der Waals surface area (Å²) in [5.74, 6) is -6.37. The van der Waals surface area contributed by atoms with Gasteiger partial charge < -0.3 is 4.74 Å². The van der Waals surface area contributed by atoms with Crippen LogP contribution in [0.4, 0.5) is 23.8 Å². The summed E-state index contributed by atoms with van der Waals surface area (Å²) in [6, 6.07) is 1.78. The molecule has 3 amide bonds. The first-order chi connectivity index (χ1) is 16.2. The van der Waals surface area contributed by atoms with Gasteiger partial charge in [-0.05, 0) is 51.4 Å². The monoisotopic (exact) mass is 495 g/mol. The fraction of sp³-hybridized carbons (Fsp3) is 0.565. The molecule has 2 aromatic rings. The van der Waals surface area contributed by atoms with Crippen molar-refractivity contribution < 1.29 is 32.3 Å². The van der Waals surface area contributed by atoms with Crippen LogP contribution in [-0.4, -0.2) is 70.3 Å². The maximum Gasteiger partial charge on any atom is 0.329 e. The van der Waals surface area contributed by atoms with Gasteiger partial charge in [0.2, 0.25) is 5.91 Å². The van der Waals surface area contributed by atoms with E-state index in [9.17, 15) is 14.4 Å². The number of nitrogens with one attached hydrogen (secondary N) is 1. The van der Waals surface area contributed by atoms with Crippen LogP contribution >= 0.6 is 0 Å². The van der Waals surface area contributed by atoms with Crippen LogP contribution in [0.25, 0.3) is 10.9 Å². The van der Waals surface area contributed by atoms with Gasteiger partial charge in [0.15, 0.2) is 5.82 Å². The molecule has 4 rings (SSSR count). The van der Waals surface area contributed by atoms with E-state index in [0.717, 1.165) is 6.07 Å². The fourth-order valence-corrected chi connectivity index (χ4v) is 4.59. The van der Waals surface area contributed by atoms with Gasteiger partial charge >= 0.3 is 12.0 Å². The number of esters is 1. The molecule has 2 fully saturated rings. The normalized spacial score (nSPS) is 21.3. The number of amides is 3. The number of benzene rings is 1. The molecule has 2 saturated heterocycles. The van der Waals surface area contributed by atoms with E-state index in [1.54, 1.807) is 27.8 Å².